The Bertz CT molecular complexity index is 962. The fourth-order valence-corrected chi connectivity index (χ4v) is 3.52. The molecule has 4 rings (SSSR count). The predicted molar refractivity (Wildman–Crippen MR) is 105 cm³/mol. The molecule has 0 aliphatic carbocycles. The highest BCUT2D eigenvalue weighted by atomic mass is 19.1. The second-order valence-electron chi connectivity index (χ2n) is 7.14. The fraction of sp³-hybridized carbons (Fsp3) is 0.318. The van der Waals surface area contributed by atoms with Gasteiger partial charge in [0.25, 0.3) is 0 Å². The Kier molecular flexibility index (Phi) is 5.55. The van der Waals surface area contributed by atoms with E-state index in [2.05, 4.69) is 10.1 Å². The van der Waals surface area contributed by atoms with Gasteiger partial charge in [-0.1, -0.05) is 17.3 Å². The lowest BCUT2D eigenvalue weighted by molar-refractivity contribution is -0.131. The maximum Gasteiger partial charge on any atom is 0.230 e. The van der Waals surface area contributed by atoms with Crippen LogP contribution in [-0.4, -0.2) is 41.1 Å². The molecule has 1 fully saturated rings. The van der Waals surface area contributed by atoms with Gasteiger partial charge in [0.1, 0.15) is 11.6 Å². The van der Waals surface area contributed by atoms with Gasteiger partial charge >= 0.3 is 0 Å². The highest BCUT2D eigenvalue weighted by molar-refractivity contribution is 5.78. The van der Waals surface area contributed by atoms with Crippen LogP contribution >= 0.6 is 0 Å². The van der Waals surface area contributed by atoms with E-state index in [1.165, 1.54) is 12.1 Å². The van der Waals surface area contributed by atoms with E-state index in [4.69, 9.17) is 9.26 Å². The fourth-order valence-electron chi connectivity index (χ4n) is 3.52. The predicted octanol–water partition coefficient (Wildman–Crippen LogP) is 3.83. The molecular formula is C22H22FN3O3. The van der Waals surface area contributed by atoms with E-state index in [0.717, 1.165) is 29.7 Å². The summed E-state index contributed by atoms with van der Waals surface area (Å²) < 4.78 is 23.7. The van der Waals surface area contributed by atoms with Crippen molar-refractivity contribution in [2.75, 3.05) is 20.2 Å². The normalized spacial score (nSPS) is 14.8. The molecule has 150 valence electrons. The number of hydrogen-bond acceptors (Lipinski definition) is 5. The first-order valence-corrected chi connectivity index (χ1v) is 9.62. The van der Waals surface area contributed by atoms with Gasteiger partial charge in [0, 0.05) is 24.6 Å². The summed E-state index contributed by atoms with van der Waals surface area (Å²) in [6.07, 6.45) is 1.84. The van der Waals surface area contributed by atoms with Crippen LogP contribution in [0.4, 0.5) is 4.39 Å². The zero-order chi connectivity index (χ0) is 20.2. The number of hydrogen-bond donors (Lipinski definition) is 0. The monoisotopic (exact) mass is 395 g/mol. The van der Waals surface area contributed by atoms with E-state index < -0.39 is 0 Å². The molecule has 1 aromatic heterocycles. The number of benzene rings is 2. The van der Waals surface area contributed by atoms with E-state index in [1.54, 1.807) is 19.2 Å². The van der Waals surface area contributed by atoms with Crippen molar-refractivity contribution >= 4 is 5.91 Å². The van der Waals surface area contributed by atoms with Crippen LogP contribution in [0, 0.1) is 5.82 Å². The van der Waals surface area contributed by atoms with Crippen molar-refractivity contribution in [2.45, 2.75) is 25.2 Å². The summed E-state index contributed by atoms with van der Waals surface area (Å²) in [6, 6.07) is 13.6. The molecule has 0 saturated carbocycles. The lowest BCUT2D eigenvalue weighted by atomic mass is 9.96. The molecule has 1 aliphatic heterocycles. The summed E-state index contributed by atoms with van der Waals surface area (Å²) in [5, 5.41) is 4.10. The van der Waals surface area contributed by atoms with Crippen LogP contribution in [0.2, 0.25) is 0 Å². The lowest BCUT2D eigenvalue weighted by Gasteiger charge is -2.30. The van der Waals surface area contributed by atoms with Gasteiger partial charge in [-0.2, -0.15) is 4.98 Å². The number of aromatic nitrogens is 2. The zero-order valence-corrected chi connectivity index (χ0v) is 16.2. The average Bonchev–Trinajstić information content (AvgIpc) is 3.26. The Hall–Kier alpha value is -3.22. The van der Waals surface area contributed by atoms with Crippen molar-refractivity contribution in [1.29, 1.82) is 0 Å². The van der Waals surface area contributed by atoms with E-state index >= 15 is 0 Å². The minimum Gasteiger partial charge on any atom is -0.497 e. The van der Waals surface area contributed by atoms with Gasteiger partial charge in [-0.3, -0.25) is 4.79 Å². The first kappa shape index (κ1) is 19.1. The second kappa shape index (κ2) is 8.43. The van der Waals surface area contributed by atoms with Gasteiger partial charge in [-0.25, -0.2) is 4.39 Å². The summed E-state index contributed by atoms with van der Waals surface area (Å²) in [7, 11) is 1.62. The number of halogens is 1. The Balaban J connectivity index is 1.34. The third-order valence-electron chi connectivity index (χ3n) is 5.26. The standard InChI is InChI=1S/C22H22FN3O3/c1-28-19-8-4-16(5-9-19)21-24-22(29-25-21)17-10-12-26(13-11-17)20(27)14-15-2-6-18(23)7-3-15/h2-9,17H,10-14H2,1H3. The van der Waals surface area contributed by atoms with Crippen molar-refractivity contribution in [1.82, 2.24) is 15.0 Å². The van der Waals surface area contributed by atoms with Gasteiger partial charge in [0.15, 0.2) is 0 Å². The molecule has 1 aliphatic rings. The minimum absolute atomic E-state index is 0.0551. The van der Waals surface area contributed by atoms with Crippen LogP contribution in [0.25, 0.3) is 11.4 Å². The number of amides is 1. The van der Waals surface area contributed by atoms with Crippen LogP contribution in [0.1, 0.15) is 30.2 Å². The smallest absolute Gasteiger partial charge is 0.230 e. The number of piperidine rings is 1. The molecule has 0 bridgehead atoms. The molecule has 2 heterocycles. The third kappa shape index (κ3) is 4.45. The first-order chi connectivity index (χ1) is 14.1. The zero-order valence-electron chi connectivity index (χ0n) is 16.2. The van der Waals surface area contributed by atoms with Crippen molar-refractivity contribution in [3.05, 3.63) is 65.8 Å². The molecule has 6 nitrogen and oxygen atoms in total. The number of methoxy groups -OCH3 is 1. The number of carbonyl (C=O) groups is 1. The number of nitrogens with zero attached hydrogens (tertiary/aromatic N) is 3. The maximum absolute atomic E-state index is 13.0. The van der Waals surface area contributed by atoms with Gasteiger partial charge in [-0.05, 0) is 54.8 Å². The maximum atomic E-state index is 13.0. The number of ether oxygens (including phenoxy) is 1. The van der Waals surface area contributed by atoms with Crippen LogP contribution in [-0.2, 0) is 11.2 Å². The van der Waals surface area contributed by atoms with E-state index in [1.807, 2.05) is 29.2 Å². The molecule has 0 N–H and O–H groups in total. The highest BCUT2D eigenvalue weighted by Gasteiger charge is 2.27. The molecule has 1 saturated heterocycles. The molecule has 7 heteroatoms. The molecule has 2 aromatic carbocycles. The Morgan fingerprint density at radius 1 is 1.14 bits per heavy atom. The summed E-state index contributed by atoms with van der Waals surface area (Å²) in [4.78, 5) is 18.9. The Morgan fingerprint density at radius 2 is 1.83 bits per heavy atom. The number of likely N-dealkylation sites (tertiary alicyclic amines) is 1. The van der Waals surface area contributed by atoms with Gasteiger partial charge in [0.2, 0.25) is 17.6 Å². The topological polar surface area (TPSA) is 68.5 Å². The summed E-state index contributed by atoms with van der Waals surface area (Å²) in [6.45, 7) is 1.29. The lowest BCUT2D eigenvalue weighted by Crippen LogP contribution is -2.38. The summed E-state index contributed by atoms with van der Waals surface area (Å²) in [5.74, 6) is 1.84. The van der Waals surface area contributed by atoms with Crippen LogP contribution in [0.15, 0.2) is 53.1 Å². The second-order valence-corrected chi connectivity index (χ2v) is 7.14. The number of carbonyl (C=O) groups excluding carboxylic acids is 1. The van der Waals surface area contributed by atoms with Gasteiger partial charge < -0.3 is 14.2 Å². The van der Waals surface area contributed by atoms with Crippen molar-refractivity contribution in [2.24, 2.45) is 0 Å². The molecule has 1 amide bonds. The van der Waals surface area contributed by atoms with Crippen LogP contribution in [0.3, 0.4) is 0 Å². The molecule has 0 atom stereocenters. The SMILES string of the molecule is COc1ccc(-c2noc(C3CCN(C(=O)Cc4ccc(F)cc4)CC3)n2)cc1. The van der Waals surface area contributed by atoms with Crippen LogP contribution in [0.5, 0.6) is 5.75 Å². The van der Waals surface area contributed by atoms with Crippen molar-refractivity contribution < 1.29 is 18.4 Å². The quantitative estimate of drug-likeness (QED) is 0.657. The van der Waals surface area contributed by atoms with Crippen LogP contribution < -0.4 is 4.74 Å². The van der Waals surface area contributed by atoms with E-state index in [0.29, 0.717) is 24.8 Å². The van der Waals surface area contributed by atoms with Crippen molar-refractivity contribution in [3.63, 3.8) is 0 Å². The molecular weight excluding hydrogens is 373 g/mol. The molecule has 0 radical (unpaired) electrons. The first-order valence-electron chi connectivity index (χ1n) is 9.62. The van der Waals surface area contributed by atoms with E-state index in [9.17, 15) is 9.18 Å². The third-order valence-corrected chi connectivity index (χ3v) is 5.26. The summed E-state index contributed by atoms with van der Waals surface area (Å²) >= 11 is 0. The van der Waals surface area contributed by atoms with E-state index in [-0.39, 0.29) is 24.1 Å². The largest absolute Gasteiger partial charge is 0.497 e. The molecule has 0 unspecified atom stereocenters. The minimum atomic E-state index is -0.296. The van der Waals surface area contributed by atoms with Gasteiger partial charge in [0.05, 0.1) is 13.5 Å². The molecule has 3 aromatic rings. The average molecular weight is 395 g/mol. The number of rotatable bonds is 5. The summed E-state index contributed by atoms with van der Waals surface area (Å²) in [5.41, 5.74) is 1.69. The van der Waals surface area contributed by atoms with Crippen molar-refractivity contribution in [3.8, 4) is 17.1 Å². The highest BCUT2D eigenvalue weighted by Crippen LogP contribution is 2.29. The molecule has 29 heavy (non-hydrogen) atoms. The molecule has 0 spiro atoms. The van der Waals surface area contributed by atoms with Gasteiger partial charge in [-0.15, -0.1) is 0 Å². The Labute approximate surface area is 168 Å². The Morgan fingerprint density at radius 3 is 2.48 bits per heavy atom.